The molecule has 1 aromatic carbocycles. The van der Waals surface area contributed by atoms with Gasteiger partial charge in [-0.2, -0.15) is 13.2 Å². The molecule has 2 rings (SSSR count). The minimum absolute atomic E-state index is 0.175. The predicted octanol–water partition coefficient (Wildman–Crippen LogP) is 2.49. The van der Waals surface area contributed by atoms with Gasteiger partial charge < -0.3 is 15.4 Å². The zero-order chi connectivity index (χ0) is 15.5. The van der Waals surface area contributed by atoms with Gasteiger partial charge in [-0.05, 0) is 31.0 Å². The van der Waals surface area contributed by atoms with Crippen LogP contribution in [0.1, 0.15) is 18.4 Å². The number of aliphatic imine (C=N–C) groups is 1. The highest BCUT2D eigenvalue weighted by molar-refractivity contribution is 5.78. The van der Waals surface area contributed by atoms with Crippen molar-refractivity contribution in [2.75, 3.05) is 20.2 Å². The molecule has 2 N–H and O–H groups in total. The van der Waals surface area contributed by atoms with Crippen molar-refractivity contribution in [2.24, 2.45) is 10.7 Å². The lowest BCUT2D eigenvalue weighted by atomic mass is 10.2. The molecule has 0 unspecified atom stereocenters. The van der Waals surface area contributed by atoms with Crippen LogP contribution in [0.4, 0.5) is 13.2 Å². The maximum absolute atomic E-state index is 12.5. The molecule has 21 heavy (non-hydrogen) atoms. The maximum Gasteiger partial charge on any atom is 0.416 e. The lowest BCUT2D eigenvalue weighted by Crippen LogP contribution is -2.36. The number of nitrogens with two attached hydrogens (primary N) is 1. The van der Waals surface area contributed by atoms with Gasteiger partial charge in [0.2, 0.25) is 0 Å². The van der Waals surface area contributed by atoms with Crippen LogP contribution >= 0.6 is 0 Å². The highest BCUT2D eigenvalue weighted by Crippen LogP contribution is 2.31. The number of hydrogen-bond donors (Lipinski definition) is 1. The normalized spacial score (nSPS) is 15.9. The Morgan fingerprint density at radius 3 is 2.76 bits per heavy atom. The van der Waals surface area contributed by atoms with E-state index in [0.29, 0.717) is 18.5 Å². The minimum Gasteiger partial charge on any atom is -0.492 e. The quantitative estimate of drug-likeness (QED) is 0.516. The Hall–Kier alpha value is -1.92. The van der Waals surface area contributed by atoms with Gasteiger partial charge in [0.05, 0.1) is 12.1 Å². The number of ether oxygens (including phenoxy) is 1. The van der Waals surface area contributed by atoms with Gasteiger partial charge in [-0.3, -0.25) is 0 Å². The molecule has 7 heteroatoms. The first-order valence-corrected chi connectivity index (χ1v) is 6.71. The summed E-state index contributed by atoms with van der Waals surface area (Å²) in [7, 11) is 1.88. The summed E-state index contributed by atoms with van der Waals surface area (Å²) in [6.45, 7) is 0.486. The molecule has 0 heterocycles. The van der Waals surface area contributed by atoms with Crippen molar-refractivity contribution in [3.8, 4) is 5.75 Å². The van der Waals surface area contributed by atoms with Crippen LogP contribution in [0.5, 0.6) is 5.75 Å². The van der Waals surface area contributed by atoms with Crippen molar-refractivity contribution in [3.63, 3.8) is 0 Å². The van der Waals surface area contributed by atoms with Gasteiger partial charge in [-0.25, -0.2) is 4.99 Å². The fraction of sp³-hybridized carbons (Fsp3) is 0.500. The van der Waals surface area contributed by atoms with Crippen molar-refractivity contribution in [2.45, 2.75) is 25.1 Å². The van der Waals surface area contributed by atoms with E-state index in [4.69, 9.17) is 10.5 Å². The molecule has 0 amide bonds. The first-order valence-electron chi connectivity index (χ1n) is 6.71. The monoisotopic (exact) mass is 301 g/mol. The Kier molecular flexibility index (Phi) is 4.59. The molecule has 0 radical (unpaired) electrons. The van der Waals surface area contributed by atoms with Crippen molar-refractivity contribution in [1.82, 2.24) is 4.90 Å². The standard InChI is InChI=1S/C14H18F3N3O/c1-20(11-5-6-11)13(18)19-7-8-21-12-4-2-3-10(9-12)14(15,16)17/h2-4,9,11H,5-8H2,1H3,(H2,18,19). The van der Waals surface area contributed by atoms with Gasteiger partial charge in [0.25, 0.3) is 0 Å². The molecule has 0 spiro atoms. The van der Waals surface area contributed by atoms with Gasteiger partial charge in [0.1, 0.15) is 12.4 Å². The molecule has 1 aromatic rings. The molecule has 0 saturated heterocycles. The zero-order valence-electron chi connectivity index (χ0n) is 11.7. The molecule has 1 aliphatic carbocycles. The van der Waals surface area contributed by atoms with Gasteiger partial charge in [-0.1, -0.05) is 6.07 Å². The third-order valence-corrected chi connectivity index (χ3v) is 3.25. The van der Waals surface area contributed by atoms with Gasteiger partial charge in [0, 0.05) is 13.1 Å². The number of benzene rings is 1. The van der Waals surface area contributed by atoms with Crippen LogP contribution in [-0.4, -0.2) is 37.1 Å². The van der Waals surface area contributed by atoms with Crippen molar-refractivity contribution < 1.29 is 17.9 Å². The van der Waals surface area contributed by atoms with Gasteiger partial charge >= 0.3 is 6.18 Å². The molecule has 116 valence electrons. The van der Waals surface area contributed by atoms with Crippen LogP contribution in [0.15, 0.2) is 29.3 Å². The summed E-state index contributed by atoms with van der Waals surface area (Å²) in [6.07, 6.45) is -2.13. The van der Waals surface area contributed by atoms with Crippen molar-refractivity contribution in [1.29, 1.82) is 0 Å². The topological polar surface area (TPSA) is 50.8 Å². The van der Waals surface area contributed by atoms with E-state index < -0.39 is 11.7 Å². The second-order valence-electron chi connectivity index (χ2n) is 4.96. The number of alkyl halides is 3. The van der Waals surface area contributed by atoms with Crippen LogP contribution in [-0.2, 0) is 6.18 Å². The lowest BCUT2D eigenvalue weighted by molar-refractivity contribution is -0.137. The summed E-state index contributed by atoms with van der Waals surface area (Å²) in [4.78, 5) is 6.05. The third-order valence-electron chi connectivity index (χ3n) is 3.25. The third kappa shape index (κ3) is 4.54. The summed E-state index contributed by atoms with van der Waals surface area (Å²) in [5, 5.41) is 0. The average Bonchev–Trinajstić information content (AvgIpc) is 3.26. The van der Waals surface area contributed by atoms with E-state index in [1.54, 1.807) is 0 Å². The predicted molar refractivity (Wildman–Crippen MR) is 74.2 cm³/mol. The fourth-order valence-electron chi connectivity index (χ4n) is 1.85. The van der Waals surface area contributed by atoms with Crippen LogP contribution < -0.4 is 10.5 Å². The van der Waals surface area contributed by atoms with Gasteiger partial charge in [0.15, 0.2) is 5.96 Å². The van der Waals surface area contributed by atoms with E-state index in [9.17, 15) is 13.2 Å². The second-order valence-corrected chi connectivity index (χ2v) is 4.96. The molecule has 1 aliphatic rings. The Morgan fingerprint density at radius 1 is 1.43 bits per heavy atom. The molecule has 1 fully saturated rings. The number of halogens is 3. The van der Waals surface area contributed by atoms with E-state index >= 15 is 0 Å². The average molecular weight is 301 g/mol. The minimum atomic E-state index is -4.37. The summed E-state index contributed by atoms with van der Waals surface area (Å²) >= 11 is 0. The summed E-state index contributed by atoms with van der Waals surface area (Å²) in [5.41, 5.74) is 5.06. The molecule has 0 aromatic heterocycles. The Bertz CT molecular complexity index is 512. The zero-order valence-corrected chi connectivity index (χ0v) is 11.7. The molecule has 0 bridgehead atoms. The molecular formula is C14H18F3N3O. The van der Waals surface area contributed by atoms with Gasteiger partial charge in [-0.15, -0.1) is 0 Å². The van der Waals surface area contributed by atoms with E-state index in [1.165, 1.54) is 12.1 Å². The molecule has 0 aliphatic heterocycles. The molecule has 0 atom stereocenters. The van der Waals surface area contributed by atoms with E-state index in [1.807, 2.05) is 11.9 Å². The number of rotatable bonds is 5. The fourth-order valence-corrected chi connectivity index (χ4v) is 1.85. The van der Waals surface area contributed by atoms with E-state index in [-0.39, 0.29) is 12.4 Å². The van der Waals surface area contributed by atoms with Crippen molar-refractivity contribution in [3.05, 3.63) is 29.8 Å². The highest BCUT2D eigenvalue weighted by Gasteiger charge is 2.30. The number of guanidine groups is 1. The Morgan fingerprint density at radius 2 is 2.14 bits per heavy atom. The summed E-state index contributed by atoms with van der Waals surface area (Å²) in [6, 6.07) is 5.25. The largest absolute Gasteiger partial charge is 0.492 e. The van der Waals surface area contributed by atoms with E-state index in [0.717, 1.165) is 25.0 Å². The number of hydrogen-bond acceptors (Lipinski definition) is 2. The number of nitrogens with zero attached hydrogens (tertiary/aromatic N) is 2. The Labute approximate surface area is 121 Å². The molecular weight excluding hydrogens is 283 g/mol. The SMILES string of the molecule is CN(C(N)=NCCOc1cccc(C(F)(F)F)c1)C1CC1. The first kappa shape index (κ1) is 15.5. The second kappa shape index (κ2) is 6.24. The van der Waals surface area contributed by atoms with Crippen molar-refractivity contribution >= 4 is 5.96 Å². The van der Waals surface area contributed by atoms with E-state index in [2.05, 4.69) is 4.99 Å². The first-order chi connectivity index (χ1) is 9.88. The maximum atomic E-state index is 12.5. The smallest absolute Gasteiger partial charge is 0.416 e. The molecule has 4 nitrogen and oxygen atoms in total. The lowest BCUT2D eigenvalue weighted by Gasteiger charge is -2.16. The highest BCUT2D eigenvalue weighted by atomic mass is 19.4. The van der Waals surface area contributed by atoms with Crippen LogP contribution in [0.3, 0.4) is 0 Å². The summed E-state index contributed by atoms with van der Waals surface area (Å²) in [5.74, 6) is 0.610. The van der Waals surface area contributed by atoms with Crippen LogP contribution in [0.2, 0.25) is 0 Å². The van der Waals surface area contributed by atoms with Crippen LogP contribution in [0, 0.1) is 0 Å². The summed E-state index contributed by atoms with van der Waals surface area (Å²) < 4.78 is 42.9. The molecule has 1 saturated carbocycles. The Balaban J connectivity index is 1.82. The van der Waals surface area contributed by atoms with Crippen LogP contribution in [0.25, 0.3) is 0 Å².